The fourth-order valence-electron chi connectivity index (χ4n) is 4.32. The summed E-state index contributed by atoms with van der Waals surface area (Å²) in [6.45, 7) is 9.18. The third kappa shape index (κ3) is 4.35. The average Bonchev–Trinajstić information content (AvgIpc) is 2.68. The highest BCUT2D eigenvalue weighted by Crippen LogP contribution is 2.57. The lowest BCUT2D eigenvalue weighted by Gasteiger charge is -2.31. The van der Waals surface area contributed by atoms with Crippen molar-refractivity contribution in [1.29, 1.82) is 0 Å². The Morgan fingerprint density at radius 1 is 0.571 bits per heavy atom. The number of rotatable bonds is 7. The first kappa shape index (κ1) is 22.7. The Morgan fingerprint density at radius 2 is 0.929 bits per heavy atom. The third-order valence-electron chi connectivity index (χ3n) is 5.68. The molecule has 0 aliphatic heterocycles. The van der Waals surface area contributed by atoms with Crippen LogP contribution in [0.1, 0.15) is 42.9 Å². The molecule has 0 aliphatic rings. The quantitative estimate of drug-likeness (QED) is 0.415. The molecule has 0 amide bonds. The molecule has 0 spiro atoms. The second-order valence-electron chi connectivity index (χ2n) is 7.60. The van der Waals surface area contributed by atoms with E-state index in [0.29, 0.717) is 0 Å². The van der Waals surface area contributed by atoms with Crippen LogP contribution >= 0.6 is 7.26 Å². The summed E-state index contributed by atoms with van der Waals surface area (Å²) < 4.78 is 0. The highest BCUT2D eigenvalue weighted by Gasteiger charge is 2.47. The minimum atomic E-state index is -1.70. The predicted molar refractivity (Wildman–Crippen MR) is 124 cm³/mol. The van der Waals surface area contributed by atoms with E-state index >= 15 is 0 Å². The molecule has 0 bridgehead atoms. The van der Waals surface area contributed by atoms with E-state index in [4.69, 9.17) is 0 Å². The first-order valence-corrected chi connectivity index (χ1v) is 12.2. The highest BCUT2D eigenvalue weighted by atomic mass is 35.5. The zero-order chi connectivity index (χ0) is 19.3. The Morgan fingerprint density at radius 3 is 1.25 bits per heavy atom. The normalized spacial score (nSPS) is 11.1. The van der Waals surface area contributed by atoms with Gasteiger partial charge in [-0.2, -0.15) is 0 Å². The minimum absolute atomic E-state index is 0. The standard InChI is InChI=1S/C26H32P.ClH/c1-5-6-13-20-27(24-17-10-7-14-21(24)2,25-18-11-8-15-22(25)3)26-19-12-9-16-23(26)4;/h7-12,14-19H,5-6,13,20H2,1-4H3;1H/q+1;/p-1. The fraction of sp³-hybridized carbons (Fsp3) is 0.308. The summed E-state index contributed by atoms with van der Waals surface area (Å²) in [5, 5.41) is 4.68. The maximum absolute atomic E-state index is 2.40. The van der Waals surface area contributed by atoms with Crippen molar-refractivity contribution in [1.82, 2.24) is 0 Å². The van der Waals surface area contributed by atoms with Crippen LogP contribution in [0.5, 0.6) is 0 Å². The molecule has 0 unspecified atom stereocenters. The summed E-state index contributed by atoms with van der Waals surface area (Å²) in [6.07, 6.45) is 5.09. The van der Waals surface area contributed by atoms with Gasteiger partial charge >= 0.3 is 0 Å². The van der Waals surface area contributed by atoms with E-state index in [1.807, 2.05) is 0 Å². The molecule has 28 heavy (non-hydrogen) atoms. The first-order chi connectivity index (χ1) is 13.1. The van der Waals surface area contributed by atoms with Gasteiger partial charge in [0.15, 0.2) is 0 Å². The Labute approximate surface area is 178 Å². The molecular formula is C26H32ClP. The molecule has 0 saturated carbocycles. The lowest BCUT2D eigenvalue weighted by molar-refractivity contribution is -0.00000563. The van der Waals surface area contributed by atoms with E-state index in [0.717, 1.165) is 0 Å². The molecule has 3 rings (SSSR count). The van der Waals surface area contributed by atoms with E-state index in [2.05, 4.69) is 100 Å². The number of hydrogen-bond donors (Lipinski definition) is 0. The summed E-state index contributed by atoms with van der Waals surface area (Å²) in [4.78, 5) is 0. The van der Waals surface area contributed by atoms with Crippen LogP contribution in [0, 0.1) is 20.8 Å². The molecular weight excluding hydrogens is 379 g/mol. The van der Waals surface area contributed by atoms with Crippen molar-refractivity contribution in [2.75, 3.05) is 6.16 Å². The topological polar surface area (TPSA) is 0 Å². The van der Waals surface area contributed by atoms with Crippen molar-refractivity contribution >= 4 is 23.2 Å². The molecule has 0 nitrogen and oxygen atoms in total. The lowest BCUT2D eigenvalue weighted by atomic mass is 10.2. The summed E-state index contributed by atoms with van der Waals surface area (Å²) >= 11 is 0. The van der Waals surface area contributed by atoms with Crippen LogP contribution < -0.4 is 28.3 Å². The highest BCUT2D eigenvalue weighted by molar-refractivity contribution is 7.96. The number of halogens is 1. The van der Waals surface area contributed by atoms with Crippen LogP contribution in [0.3, 0.4) is 0 Å². The lowest BCUT2D eigenvalue weighted by Crippen LogP contribution is -3.00. The van der Waals surface area contributed by atoms with Gasteiger partial charge in [-0.15, -0.1) is 0 Å². The van der Waals surface area contributed by atoms with Crippen molar-refractivity contribution in [3.8, 4) is 0 Å². The van der Waals surface area contributed by atoms with Crippen molar-refractivity contribution in [3.63, 3.8) is 0 Å². The molecule has 0 atom stereocenters. The molecule has 0 radical (unpaired) electrons. The molecule has 0 fully saturated rings. The van der Waals surface area contributed by atoms with Crippen molar-refractivity contribution in [3.05, 3.63) is 89.5 Å². The van der Waals surface area contributed by atoms with Crippen LogP contribution in [0.4, 0.5) is 0 Å². The smallest absolute Gasteiger partial charge is 0.112 e. The van der Waals surface area contributed by atoms with Gasteiger partial charge in [0.25, 0.3) is 0 Å². The van der Waals surface area contributed by atoms with E-state index in [9.17, 15) is 0 Å². The van der Waals surface area contributed by atoms with Gasteiger partial charge in [0, 0.05) is 0 Å². The van der Waals surface area contributed by atoms with E-state index < -0.39 is 7.26 Å². The Hall–Kier alpha value is -1.62. The monoisotopic (exact) mass is 410 g/mol. The molecule has 3 aromatic rings. The molecule has 0 heterocycles. The van der Waals surface area contributed by atoms with Crippen LogP contribution in [0.15, 0.2) is 72.8 Å². The predicted octanol–water partition coefficient (Wildman–Crippen LogP) is 3.10. The van der Waals surface area contributed by atoms with E-state index in [1.165, 1.54) is 42.1 Å². The largest absolute Gasteiger partial charge is 1.00 e. The minimum Gasteiger partial charge on any atom is -1.00 e. The maximum atomic E-state index is 2.40. The van der Waals surface area contributed by atoms with Crippen LogP contribution in [0.25, 0.3) is 0 Å². The Kier molecular flexibility index (Phi) is 8.29. The maximum Gasteiger partial charge on any atom is 0.112 e. The number of benzene rings is 3. The van der Waals surface area contributed by atoms with Crippen molar-refractivity contribution < 1.29 is 12.4 Å². The number of aryl methyl sites for hydroxylation is 3. The molecule has 3 aromatic carbocycles. The molecule has 2 heteroatoms. The van der Waals surface area contributed by atoms with Gasteiger partial charge in [0.2, 0.25) is 0 Å². The summed E-state index contributed by atoms with van der Waals surface area (Å²) in [7, 11) is -1.70. The van der Waals surface area contributed by atoms with Gasteiger partial charge in [-0.3, -0.25) is 0 Å². The van der Waals surface area contributed by atoms with Crippen LogP contribution in [0.2, 0.25) is 0 Å². The van der Waals surface area contributed by atoms with Gasteiger partial charge in [-0.1, -0.05) is 74.4 Å². The Balaban J connectivity index is 0.00000280. The average molecular weight is 411 g/mol. The molecule has 148 valence electrons. The molecule has 0 aromatic heterocycles. The summed E-state index contributed by atoms with van der Waals surface area (Å²) in [5.41, 5.74) is 4.27. The SMILES string of the molecule is CCCCC[P+](c1ccccc1C)(c1ccccc1C)c1ccccc1C.[Cl-]. The van der Waals surface area contributed by atoms with E-state index in [1.54, 1.807) is 15.9 Å². The zero-order valence-electron chi connectivity index (χ0n) is 17.6. The van der Waals surface area contributed by atoms with Crippen LogP contribution in [-0.2, 0) is 0 Å². The van der Waals surface area contributed by atoms with Crippen molar-refractivity contribution in [2.24, 2.45) is 0 Å². The number of hydrogen-bond acceptors (Lipinski definition) is 0. The van der Waals surface area contributed by atoms with E-state index in [-0.39, 0.29) is 12.4 Å². The fourth-order valence-corrected chi connectivity index (χ4v) is 9.58. The van der Waals surface area contributed by atoms with Crippen molar-refractivity contribution in [2.45, 2.75) is 47.0 Å². The second-order valence-corrected chi connectivity index (χ2v) is 11.1. The zero-order valence-corrected chi connectivity index (χ0v) is 19.2. The number of unbranched alkanes of at least 4 members (excludes halogenated alkanes) is 2. The first-order valence-electron chi connectivity index (χ1n) is 10.2. The molecule has 0 aliphatic carbocycles. The van der Waals surface area contributed by atoms with Gasteiger partial charge in [0.1, 0.15) is 23.2 Å². The molecule has 0 N–H and O–H groups in total. The van der Waals surface area contributed by atoms with Gasteiger partial charge in [-0.25, -0.2) is 0 Å². The summed E-state index contributed by atoms with van der Waals surface area (Å²) in [6, 6.07) is 27.3. The van der Waals surface area contributed by atoms with Crippen LogP contribution in [-0.4, -0.2) is 6.16 Å². The van der Waals surface area contributed by atoms with Gasteiger partial charge < -0.3 is 12.4 Å². The second kappa shape index (κ2) is 10.2. The third-order valence-corrected chi connectivity index (χ3v) is 10.6. The Bertz CT molecular complexity index is 789. The summed E-state index contributed by atoms with van der Waals surface area (Å²) in [5.74, 6) is 0. The van der Waals surface area contributed by atoms with Gasteiger partial charge in [0.05, 0.1) is 6.16 Å². The van der Waals surface area contributed by atoms with Gasteiger partial charge in [-0.05, 0) is 62.1 Å². The molecule has 0 saturated heterocycles.